The molecule has 3 aromatic rings. The normalized spacial score (nSPS) is 10.8. The van der Waals surface area contributed by atoms with Gasteiger partial charge in [0, 0.05) is 24.6 Å². The fourth-order valence-electron chi connectivity index (χ4n) is 1.93. The molecule has 3 rings (SSSR count). The average molecular weight is 305 g/mol. The number of thiophene rings is 1. The maximum Gasteiger partial charge on any atom is 0.223 e. The van der Waals surface area contributed by atoms with Crippen LogP contribution in [0.4, 0.5) is 5.13 Å². The van der Waals surface area contributed by atoms with Crippen molar-refractivity contribution in [1.29, 1.82) is 0 Å². The second-order valence-corrected chi connectivity index (χ2v) is 6.04. The summed E-state index contributed by atoms with van der Waals surface area (Å²) < 4.78 is 2.74. The summed E-state index contributed by atoms with van der Waals surface area (Å²) in [7, 11) is 0. The van der Waals surface area contributed by atoms with Gasteiger partial charge < -0.3 is 9.88 Å². The van der Waals surface area contributed by atoms with Gasteiger partial charge in [-0.1, -0.05) is 0 Å². The lowest BCUT2D eigenvalue weighted by Crippen LogP contribution is -2.08. The monoisotopic (exact) mass is 305 g/mol. The smallest absolute Gasteiger partial charge is 0.223 e. The van der Waals surface area contributed by atoms with E-state index < -0.39 is 0 Å². The first kappa shape index (κ1) is 13.0. The minimum atomic E-state index is -0.130. The van der Waals surface area contributed by atoms with Gasteiger partial charge >= 0.3 is 0 Å². The van der Waals surface area contributed by atoms with Crippen molar-refractivity contribution in [3.8, 4) is 0 Å². The van der Waals surface area contributed by atoms with Gasteiger partial charge in [-0.3, -0.25) is 9.59 Å². The maximum atomic E-state index is 11.7. The highest BCUT2D eigenvalue weighted by Crippen LogP contribution is 2.20. The molecule has 0 spiro atoms. The predicted octanol–water partition coefficient (Wildman–Crippen LogP) is 2.53. The molecule has 0 saturated heterocycles. The largest absolute Gasteiger partial charge is 0.341 e. The van der Waals surface area contributed by atoms with Gasteiger partial charge in [-0.05, 0) is 11.4 Å². The Morgan fingerprint density at radius 2 is 2.25 bits per heavy atom. The van der Waals surface area contributed by atoms with Crippen molar-refractivity contribution < 1.29 is 4.79 Å². The van der Waals surface area contributed by atoms with Crippen molar-refractivity contribution in [2.24, 2.45) is 0 Å². The summed E-state index contributed by atoms with van der Waals surface area (Å²) in [5.74, 6) is -0.130. The molecule has 102 valence electrons. The second kappa shape index (κ2) is 5.18. The molecule has 5 nitrogen and oxygen atoms in total. The first-order chi connectivity index (χ1) is 9.63. The maximum absolute atomic E-state index is 11.7. The molecule has 0 atom stereocenters. The molecule has 0 saturated carbocycles. The average Bonchev–Trinajstić information content (AvgIpc) is 3.01. The Morgan fingerprint density at radius 1 is 1.40 bits per heavy atom. The van der Waals surface area contributed by atoms with Gasteiger partial charge in [0.15, 0.2) is 10.6 Å². The highest BCUT2D eigenvalue weighted by Gasteiger charge is 2.07. The zero-order valence-corrected chi connectivity index (χ0v) is 12.3. The highest BCUT2D eigenvalue weighted by molar-refractivity contribution is 7.17. The fraction of sp³-hybridized carbons (Fsp3) is 0.154. The molecule has 0 aliphatic rings. The first-order valence-electron chi connectivity index (χ1n) is 5.92. The number of carbonyl (C=O) groups excluding carboxylic acids is 1. The number of fused-ring (bicyclic) bond motifs is 1. The lowest BCUT2D eigenvalue weighted by atomic mass is 10.3. The van der Waals surface area contributed by atoms with E-state index in [0.717, 1.165) is 15.9 Å². The molecule has 3 aromatic heterocycles. The van der Waals surface area contributed by atoms with Crippen LogP contribution in [-0.2, 0) is 11.3 Å². The summed E-state index contributed by atoms with van der Waals surface area (Å²) >= 11 is 2.84. The molecule has 0 bridgehead atoms. The lowest BCUT2D eigenvalue weighted by Gasteiger charge is -2.05. The number of pyridine rings is 1. The van der Waals surface area contributed by atoms with Crippen LogP contribution in [0.3, 0.4) is 0 Å². The number of nitrogens with zero attached hydrogens (tertiary/aromatic N) is 2. The van der Waals surface area contributed by atoms with E-state index in [1.807, 2.05) is 21.4 Å². The summed E-state index contributed by atoms with van der Waals surface area (Å²) in [6.07, 6.45) is 1.77. The number of amides is 1. The molecule has 1 N–H and O–H groups in total. The van der Waals surface area contributed by atoms with Crippen LogP contribution in [-0.4, -0.2) is 15.5 Å². The Bertz CT molecular complexity index is 831. The van der Waals surface area contributed by atoms with Crippen molar-refractivity contribution in [2.75, 3.05) is 5.32 Å². The van der Waals surface area contributed by atoms with E-state index in [4.69, 9.17) is 0 Å². The summed E-state index contributed by atoms with van der Waals surface area (Å²) in [4.78, 5) is 27.0. The third kappa shape index (κ3) is 2.50. The van der Waals surface area contributed by atoms with E-state index in [9.17, 15) is 9.59 Å². The summed E-state index contributed by atoms with van der Waals surface area (Å²) in [5, 5.41) is 7.07. The zero-order chi connectivity index (χ0) is 14.1. The number of aromatic nitrogens is 2. The molecule has 0 radical (unpaired) electrons. The first-order valence-corrected chi connectivity index (χ1v) is 7.68. The Hall–Kier alpha value is -1.99. The van der Waals surface area contributed by atoms with Crippen LogP contribution in [0, 0.1) is 0 Å². The SMILES string of the molecule is CC(=O)Nc1nc(Cn2ccc(=O)c3sccc32)cs1. The standard InChI is InChI=1S/C13H11N3O2S2/c1-8(17)14-13-15-9(7-20-13)6-16-4-2-11(18)12-10(16)3-5-19-12/h2-5,7H,6H2,1H3,(H,14,15,17). The Kier molecular flexibility index (Phi) is 3.37. The molecule has 3 heterocycles. The van der Waals surface area contributed by atoms with Crippen molar-refractivity contribution in [1.82, 2.24) is 9.55 Å². The lowest BCUT2D eigenvalue weighted by molar-refractivity contribution is -0.114. The minimum Gasteiger partial charge on any atom is -0.341 e. The number of nitrogens with one attached hydrogen (secondary N) is 1. The van der Waals surface area contributed by atoms with Crippen molar-refractivity contribution in [2.45, 2.75) is 13.5 Å². The van der Waals surface area contributed by atoms with E-state index in [1.54, 1.807) is 12.3 Å². The second-order valence-electron chi connectivity index (χ2n) is 4.27. The quantitative estimate of drug-likeness (QED) is 0.808. The van der Waals surface area contributed by atoms with Gasteiger partial charge in [0.1, 0.15) is 0 Å². The Morgan fingerprint density at radius 3 is 3.05 bits per heavy atom. The Labute approximate surface area is 122 Å². The number of rotatable bonds is 3. The van der Waals surface area contributed by atoms with E-state index in [1.165, 1.54) is 29.6 Å². The number of carbonyl (C=O) groups is 1. The van der Waals surface area contributed by atoms with E-state index >= 15 is 0 Å². The molecule has 7 heteroatoms. The number of hydrogen-bond donors (Lipinski definition) is 1. The van der Waals surface area contributed by atoms with Gasteiger partial charge in [-0.2, -0.15) is 0 Å². The molecule has 20 heavy (non-hydrogen) atoms. The van der Waals surface area contributed by atoms with Crippen LogP contribution in [0.15, 0.2) is 33.9 Å². The topological polar surface area (TPSA) is 64.0 Å². The van der Waals surface area contributed by atoms with Crippen LogP contribution in [0.2, 0.25) is 0 Å². The molecule has 0 unspecified atom stereocenters. The molecule has 1 amide bonds. The molecular weight excluding hydrogens is 294 g/mol. The molecule has 0 aliphatic heterocycles. The van der Waals surface area contributed by atoms with Crippen LogP contribution in [0.1, 0.15) is 12.6 Å². The summed E-state index contributed by atoms with van der Waals surface area (Å²) in [5.41, 5.74) is 1.81. The van der Waals surface area contributed by atoms with Gasteiger partial charge in [-0.25, -0.2) is 4.98 Å². The van der Waals surface area contributed by atoms with Crippen LogP contribution < -0.4 is 10.7 Å². The van der Waals surface area contributed by atoms with E-state index in [2.05, 4.69) is 10.3 Å². The summed E-state index contributed by atoms with van der Waals surface area (Å²) in [6.45, 7) is 2.03. The Balaban J connectivity index is 1.91. The molecular formula is C13H11N3O2S2. The third-order valence-electron chi connectivity index (χ3n) is 2.75. The third-order valence-corrected chi connectivity index (χ3v) is 4.48. The van der Waals surface area contributed by atoms with Crippen LogP contribution in [0.5, 0.6) is 0 Å². The van der Waals surface area contributed by atoms with E-state index in [-0.39, 0.29) is 11.3 Å². The summed E-state index contributed by atoms with van der Waals surface area (Å²) in [6, 6.07) is 3.50. The number of anilines is 1. The van der Waals surface area contributed by atoms with Gasteiger partial charge in [0.05, 0.1) is 22.5 Å². The highest BCUT2D eigenvalue weighted by atomic mass is 32.1. The molecule has 0 aromatic carbocycles. The molecule has 0 fully saturated rings. The minimum absolute atomic E-state index is 0.0449. The molecule has 0 aliphatic carbocycles. The number of hydrogen-bond acceptors (Lipinski definition) is 5. The fourth-order valence-corrected chi connectivity index (χ4v) is 3.50. The van der Waals surface area contributed by atoms with Crippen molar-refractivity contribution in [3.63, 3.8) is 0 Å². The van der Waals surface area contributed by atoms with Crippen LogP contribution in [0.25, 0.3) is 10.2 Å². The number of thiazole rings is 1. The van der Waals surface area contributed by atoms with Gasteiger partial charge in [0.25, 0.3) is 0 Å². The van der Waals surface area contributed by atoms with Crippen LogP contribution >= 0.6 is 22.7 Å². The van der Waals surface area contributed by atoms with Crippen molar-refractivity contribution >= 4 is 43.9 Å². The van der Waals surface area contributed by atoms with Gasteiger partial charge in [0.2, 0.25) is 5.91 Å². The van der Waals surface area contributed by atoms with Gasteiger partial charge in [-0.15, -0.1) is 22.7 Å². The van der Waals surface area contributed by atoms with Crippen molar-refractivity contribution in [3.05, 3.63) is 45.0 Å². The zero-order valence-electron chi connectivity index (χ0n) is 10.6. The predicted molar refractivity (Wildman–Crippen MR) is 81.6 cm³/mol. The van der Waals surface area contributed by atoms with E-state index in [0.29, 0.717) is 11.7 Å².